The fourth-order valence-electron chi connectivity index (χ4n) is 5.95. The summed E-state index contributed by atoms with van der Waals surface area (Å²) in [5.74, 6) is -0.0490. The van der Waals surface area contributed by atoms with Gasteiger partial charge < -0.3 is 10.2 Å². The Hall–Kier alpha value is -4.97. The summed E-state index contributed by atoms with van der Waals surface area (Å²) in [5.41, 5.74) is 7.25. The van der Waals surface area contributed by atoms with E-state index in [1.807, 2.05) is 48.1 Å². The Morgan fingerprint density at radius 2 is 1.88 bits per heavy atom. The van der Waals surface area contributed by atoms with Crippen molar-refractivity contribution >= 4 is 28.4 Å². The minimum Gasteiger partial charge on any atom is -0.354 e. The highest BCUT2D eigenvalue weighted by molar-refractivity contribution is 5.98. The maximum Gasteiger partial charge on any atom is 0.365 e. The quantitative estimate of drug-likeness (QED) is 0.221. The molecule has 5 aromatic rings. The minimum atomic E-state index is -0.507. The second kappa shape index (κ2) is 11.5. The third-order valence-electron chi connectivity index (χ3n) is 8.45. The molecule has 1 aliphatic carbocycles. The molecule has 1 unspecified atom stereocenters. The number of benzene rings is 2. The normalized spacial score (nSPS) is 14.1. The fraction of sp³-hybridized carbons (Fsp3) is 0.303. The van der Waals surface area contributed by atoms with Crippen LogP contribution in [0.5, 0.6) is 0 Å². The van der Waals surface area contributed by atoms with Gasteiger partial charge in [0, 0.05) is 29.0 Å². The summed E-state index contributed by atoms with van der Waals surface area (Å²) in [5, 5.41) is 18.3. The molecule has 3 heterocycles. The molecule has 1 saturated carbocycles. The number of carbonyl (C=O) groups is 1. The summed E-state index contributed by atoms with van der Waals surface area (Å²) in [4.78, 5) is 28.4. The molecule has 6 rings (SSSR count). The first kappa shape index (κ1) is 27.2. The average molecular weight is 560 g/mol. The van der Waals surface area contributed by atoms with Gasteiger partial charge in [0.15, 0.2) is 5.65 Å². The predicted molar refractivity (Wildman–Crippen MR) is 161 cm³/mol. The predicted octanol–water partition coefficient (Wildman–Crippen LogP) is 6.88. The maximum atomic E-state index is 13.5. The molecule has 0 amide bonds. The number of nitrogens with one attached hydrogen (secondary N) is 1. The molecule has 212 valence electrons. The lowest BCUT2D eigenvalue weighted by atomic mass is 9.96. The van der Waals surface area contributed by atoms with Crippen molar-refractivity contribution in [1.29, 1.82) is 5.26 Å². The number of fused-ring (bicyclic) bond motifs is 1. The van der Waals surface area contributed by atoms with Crippen LogP contribution in [0.15, 0.2) is 67.4 Å². The van der Waals surface area contributed by atoms with E-state index in [1.165, 1.54) is 23.9 Å². The van der Waals surface area contributed by atoms with E-state index in [1.54, 1.807) is 18.5 Å². The Morgan fingerprint density at radius 1 is 1.10 bits per heavy atom. The van der Waals surface area contributed by atoms with Crippen molar-refractivity contribution in [2.24, 2.45) is 5.92 Å². The number of aromatic nitrogens is 5. The van der Waals surface area contributed by atoms with Gasteiger partial charge in [-0.05, 0) is 74.4 Å². The van der Waals surface area contributed by atoms with E-state index >= 15 is 0 Å². The number of aryl methyl sites for hydroxylation is 2. The molecule has 1 atom stereocenters. The van der Waals surface area contributed by atoms with E-state index in [9.17, 15) is 10.1 Å². The SMILES string of the molecule is Cc1cccc(Nc2c(C)cccc2C(=O)On2ccc3c(-c4cnn(C(CC#N)C5CCCC5)c4)ncnc32)c1C. The van der Waals surface area contributed by atoms with E-state index < -0.39 is 5.97 Å². The molecule has 0 spiro atoms. The Bertz CT molecular complexity index is 1810. The second-order valence-corrected chi connectivity index (χ2v) is 11.0. The van der Waals surface area contributed by atoms with Crippen molar-refractivity contribution in [1.82, 2.24) is 24.5 Å². The molecule has 1 aliphatic rings. The van der Waals surface area contributed by atoms with Crippen LogP contribution in [0.25, 0.3) is 22.3 Å². The van der Waals surface area contributed by atoms with Crippen molar-refractivity contribution in [2.45, 2.75) is 58.9 Å². The summed E-state index contributed by atoms with van der Waals surface area (Å²) in [6.07, 6.45) is 11.9. The first-order valence-corrected chi connectivity index (χ1v) is 14.3. The standard InChI is InChI=1S/C33H33N7O2/c1-21-8-7-13-28(23(21)3)38-30-22(2)9-6-12-27(30)33(41)42-40-17-15-26-31(35-20-36-32(26)40)25-18-37-39(19-25)29(14-16-34)24-10-4-5-11-24/h6-9,12-13,15,17-20,24,29,38H,4-5,10-11,14H2,1-3H3. The Balaban J connectivity index is 1.28. The Kier molecular flexibility index (Phi) is 7.44. The van der Waals surface area contributed by atoms with E-state index in [0.29, 0.717) is 34.9 Å². The third kappa shape index (κ3) is 5.12. The van der Waals surface area contributed by atoms with Crippen LogP contribution < -0.4 is 10.2 Å². The zero-order valence-corrected chi connectivity index (χ0v) is 24.0. The zero-order chi connectivity index (χ0) is 29.2. The molecule has 2 aromatic carbocycles. The van der Waals surface area contributed by atoms with E-state index in [-0.39, 0.29) is 6.04 Å². The molecule has 0 bridgehead atoms. The van der Waals surface area contributed by atoms with Crippen molar-refractivity contribution in [3.63, 3.8) is 0 Å². The number of nitrogens with zero attached hydrogens (tertiary/aromatic N) is 6. The van der Waals surface area contributed by atoms with Gasteiger partial charge in [-0.25, -0.2) is 14.8 Å². The van der Waals surface area contributed by atoms with Crippen LogP contribution in [0.1, 0.15) is 65.2 Å². The largest absolute Gasteiger partial charge is 0.365 e. The monoisotopic (exact) mass is 559 g/mol. The highest BCUT2D eigenvalue weighted by Crippen LogP contribution is 2.37. The van der Waals surface area contributed by atoms with Gasteiger partial charge in [-0.1, -0.05) is 37.1 Å². The molecule has 9 heteroatoms. The second-order valence-electron chi connectivity index (χ2n) is 11.0. The van der Waals surface area contributed by atoms with Crippen LogP contribution in [0, 0.1) is 38.0 Å². The van der Waals surface area contributed by atoms with Gasteiger partial charge >= 0.3 is 5.97 Å². The van der Waals surface area contributed by atoms with Gasteiger partial charge in [0.05, 0.1) is 41.7 Å². The lowest BCUT2D eigenvalue weighted by Crippen LogP contribution is -2.21. The van der Waals surface area contributed by atoms with Crippen LogP contribution in [-0.2, 0) is 0 Å². The number of rotatable bonds is 8. The highest BCUT2D eigenvalue weighted by Gasteiger charge is 2.27. The molecule has 42 heavy (non-hydrogen) atoms. The maximum absolute atomic E-state index is 13.5. The fourth-order valence-corrected chi connectivity index (χ4v) is 5.95. The van der Waals surface area contributed by atoms with Crippen LogP contribution in [0.3, 0.4) is 0 Å². The molecule has 9 nitrogen and oxygen atoms in total. The summed E-state index contributed by atoms with van der Waals surface area (Å²) in [6, 6.07) is 15.8. The van der Waals surface area contributed by atoms with Gasteiger partial charge in [0.1, 0.15) is 6.33 Å². The Labute approximate surface area is 244 Å². The lowest BCUT2D eigenvalue weighted by Gasteiger charge is -2.21. The lowest BCUT2D eigenvalue weighted by molar-refractivity contribution is 0.0481. The van der Waals surface area contributed by atoms with Crippen LogP contribution in [0.4, 0.5) is 11.4 Å². The number of hydrogen-bond acceptors (Lipinski definition) is 7. The van der Waals surface area contributed by atoms with Gasteiger partial charge in [-0.2, -0.15) is 15.1 Å². The smallest absolute Gasteiger partial charge is 0.354 e. The van der Waals surface area contributed by atoms with Crippen molar-refractivity contribution in [2.75, 3.05) is 5.32 Å². The van der Waals surface area contributed by atoms with Gasteiger partial charge in [0.25, 0.3) is 0 Å². The molecule has 0 aliphatic heterocycles. The van der Waals surface area contributed by atoms with Crippen molar-refractivity contribution in [3.05, 3.63) is 89.6 Å². The summed E-state index contributed by atoms with van der Waals surface area (Å²) in [7, 11) is 0. The van der Waals surface area contributed by atoms with Crippen LogP contribution in [-0.4, -0.2) is 30.4 Å². The van der Waals surface area contributed by atoms with Gasteiger partial charge in [-0.3, -0.25) is 4.68 Å². The van der Waals surface area contributed by atoms with Crippen molar-refractivity contribution < 1.29 is 9.63 Å². The molecule has 3 aromatic heterocycles. The third-order valence-corrected chi connectivity index (χ3v) is 8.45. The molecular weight excluding hydrogens is 526 g/mol. The summed E-state index contributed by atoms with van der Waals surface area (Å²) >= 11 is 0. The minimum absolute atomic E-state index is 0.0508. The highest BCUT2D eigenvalue weighted by atomic mass is 16.7. The van der Waals surface area contributed by atoms with Crippen LogP contribution >= 0.6 is 0 Å². The molecular formula is C33H33N7O2. The number of carbonyl (C=O) groups excluding carboxylic acids is 1. The molecule has 1 fully saturated rings. The number of hydrogen-bond donors (Lipinski definition) is 1. The number of para-hydroxylation sites is 1. The first-order valence-electron chi connectivity index (χ1n) is 14.3. The van der Waals surface area contributed by atoms with E-state index in [4.69, 9.17) is 4.84 Å². The van der Waals surface area contributed by atoms with E-state index in [0.717, 1.165) is 46.2 Å². The molecule has 1 N–H and O–H groups in total. The number of nitriles is 1. The summed E-state index contributed by atoms with van der Waals surface area (Å²) in [6.45, 7) is 6.08. The first-order chi connectivity index (χ1) is 20.4. The number of anilines is 2. The van der Waals surface area contributed by atoms with E-state index in [2.05, 4.69) is 46.4 Å². The van der Waals surface area contributed by atoms with Gasteiger partial charge in [-0.15, -0.1) is 0 Å². The average Bonchev–Trinajstić information content (AvgIpc) is 3.77. The Morgan fingerprint density at radius 3 is 2.69 bits per heavy atom. The molecule has 0 radical (unpaired) electrons. The van der Waals surface area contributed by atoms with Gasteiger partial charge in [0.2, 0.25) is 0 Å². The topological polar surface area (TPSA) is 111 Å². The van der Waals surface area contributed by atoms with Crippen LogP contribution in [0.2, 0.25) is 0 Å². The van der Waals surface area contributed by atoms with Crippen molar-refractivity contribution in [3.8, 4) is 17.3 Å². The molecule has 0 saturated heterocycles. The summed E-state index contributed by atoms with van der Waals surface area (Å²) < 4.78 is 3.30. The zero-order valence-electron chi connectivity index (χ0n) is 24.0.